The molecular weight excluding hydrogens is 148 g/mol. The van der Waals surface area contributed by atoms with Gasteiger partial charge in [-0.3, -0.25) is 4.79 Å². The van der Waals surface area contributed by atoms with E-state index in [1.54, 1.807) is 0 Å². The van der Waals surface area contributed by atoms with Crippen LogP contribution in [0.5, 0.6) is 0 Å². The molecule has 0 aromatic carbocycles. The summed E-state index contributed by atoms with van der Waals surface area (Å²) in [4.78, 5) is 10.7. The van der Waals surface area contributed by atoms with Crippen LogP contribution in [0.25, 0.3) is 0 Å². The van der Waals surface area contributed by atoms with Crippen LogP contribution in [-0.2, 0) is 4.79 Å². The first-order valence-corrected chi connectivity index (χ1v) is 3.30. The van der Waals surface area contributed by atoms with Crippen molar-refractivity contribution in [1.29, 1.82) is 0 Å². The highest BCUT2D eigenvalue weighted by molar-refractivity contribution is 5.97. The number of aliphatic hydroxyl groups is 3. The quantitative estimate of drug-likeness (QED) is 0.438. The average molecular weight is 158 g/mol. The Morgan fingerprint density at radius 1 is 1.73 bits per heavy atom. The Kier molecular flexibility index (Phi) is 1.83. The Bertz CT molecular complexity index is 208. The maximum absolute atomic E-state index is 10.7. The van der Waals surface area contributed by atoms with Crippen molar-refractivity contribution in [2.45, 2.75) is 24.7 Å². The zero-order valence-electron chi connectivity index (χ0n) is 6.06. The number of hydrogen-bond acceptors (Lipinski definition) is 4. The van der Waals surface area contributed by atoms with E-state index in [-0.39, 0.29) is 0 Å². The van der Waals surface area contributed by atoms with Crippen LogP contribution in [0.3, 0.4) is 0 Å². The van der Waals surface area contributed by atoms with E-state index in [4.69, 9.17) is 10.2 Å². The number of aliphatic hydroxyl groups excluding tert-OH is 2. The van der Waals surface area contributed by atoms with Gasteiger partial charge in [0.05, 0.1) is 6.10 Å². The Hall–Kier alpha value is -0.710. The molecule has 0 saturated carbocycles. The third-order valence-corrected chi connectivity index (χ3v) is 1.89. The van der Waals surface area contributed by atoms with Crippen LogP contribution in [-0.4, -0.2) is 38.9 Å². The number of hydrogen-bond donors (Lipinski definition) is 3. The van der Waals surface area contributed by atoms with Crippen LogP contribution in [0.1, 0.15) is 6.92 Å². The molecule has 62 valence electrons. The van der Waals surface area contributed by atoms with Gasteiger partial charge in [-0.2, -0.15) is 0 Å². The van der Waals surface area contributed by atoms with Crippen LogP contribution in [0, 0.1) is 0 Å². The van der Waals surface area contributed by atoms with Gasteiger partial charge >= 0.3 is 0 Å². The first-order valence-electron chi connectivity index (χ1n) is 3.30. The number of rotatable bonds is 1. The topological polar surface area (TPSA) is 77.8 Å². The van der Waals surface area contributed by atoms with Crippen molar-refractivity contribution in [2.75, 3.05) is 0 Å². The molecule has 4 nitrogen and oxygen atoms in total. The van der Waals surface area contributed by atoms with Crippen molar-refractivity contribution in [1.82, 2.24) is 0 Å². The Morgan fingerprint density at radius 2 is 2.27 bits per heavy atom. The zero-order valence-corrected chi connectivity index (χ0v) is 6.06. The minimum atomic E-state index is -1.79. The predicted molar refractivity (Wildman–Crippen MR) is 36.8 cm³/mol. The minimum absolute atomic E-state index is 0.576. The van der Waals surface area contributed by atoms with E-state index in [1.807, 2.05) is 0 Å². The van der Waals surface area contributed by atoms with Gasteiger partial charge in [-0.15, -0.1) is 0 Å². The molecule has 0 aliphatic heterocycles. The molecular formula is C7H10O4. The summed E-state index contributed by atoms with van der Waals surface area (Å²) >= 11 is 0. The van der Waals surface area contributed by atoms with Crippen LogP contribution < -0.4 is 0 Å². The third-order valence-electron chi connectivity index (χ3n) is 1.89. The second kappa shape index (κ2) is 2.41. The molecule has 1 rings (SSSR count). The van der Waals surface area contributed by atoms with Gasteiger partial charge in [-0.25, -0.2) is 0 Å². The molecule has 0 bridgehead atoms. The van der Waals surface area contributed by atoms with Crippen molar-refractivity contribution in [3.63, 3.8) is 0 Å². The van der Waals surface area contributed by atoms with E-state index in [0.29, 0.717) is 0 Å². The predicted octanol–water partition coefficient (Wildman–Crippen LogP) is -1.40. The number of ketones is 1. The molecule has 1 aliphatic carbocycles. The molecule has 1 aliphatic rings. The smallest absolute Gasteiger partial charge is 0.187 e. The number of carbonyl (C=O) groups excluding carboxylic acids is 1. The Balaban J connectivity index is 2.90. The summed E-state index contributed by atoms with van der Waals surface area (Å²) in [6.45, 7) is 1.31. The van der Waals surface area contributed by atoms with E-state index in [2.05, 4.69) is 0 Å². The van der Waals surface area contributed by atoms with E-state index < -0.39 is 23.6 Å². The molecule has 0 saturated heterocycles. The average Bonchev–Trinajstić information content (AvgIpc) is 2.18. The lowest BCUT2D eigenvalue weighted by Gasteiger charge is -2.26. The summed E-state index contributed by atoms with van der Waals surface area (Å²) in [7, 11) is 0. The van der Waals surface area contributed by atoms with Gasteiger partial charge in [0.2, 0.25) is 0 Å². The third kappa shape index (κ3) is 1.09. The van der Waals surface area contributed by atoms with E-state index in [9.17, 15) is 9.90 Å². The van der Waals surface area contributed by atoms with Crippen molar-refractivity contribution in [3.05, 3.63) is 12.2 Å². The van der Waals surface area contributed by atoms with Crippen LogP contribution in [0.4, 0.5) is 0 Å². The van der Waals surface area contributed by atoms with Gasteiger partial charge in [-0.1, -0.05) is 0 Å². The molecule has 11 heavy (non-hydrogen) atoms. The Labute approximate surface area is 63.8 Å². The van der Waals surface area contributed by atoms with Gasteiger partial charge in [0, 0.05) is 0 Å². The fourth-order valence-corrected chi connectivity index (χ4v) is 0.994. The molecule has 0 aromatic rings. The van der Waals surface area contributed by atoms with Crippen LogP contribution in [0.15, 0.2) is 12.2 Å². The monoisotopic (exact) mass is 158 g/mol. The van der Waals surface area contributed by atoms with Crippen molar-refractivity contribution in [3.8, 4) is 0 Å². The van der Waals surface area contributed by atoms with Gasteiger partial charge in [0.15, 0.2) is 11.9 Å². The fourth-order valence-electron chi connectivity index (χ4n) is 0.994. The maximum atomic E-state index is 10.7. The summed E-state index contributed by atoms with van der Waals surface area (Å²) in [6.07, 6.45) is -0.495. The molecule has 0 radical (unpaired) electrons. The molecule has 0 unspecified atom stereocenters. The molecule has 4 heteroatoms. The van der Waals surface area contributed by atoms with Gasteiger partial charge in [-0.05, 0) is 19.1 Å². The minimum Gasteiger partial charge on any atom is -0.390 e. The molecule has 3 atom stereocenters. The second-order valence-electron chi connectivity index (χ2n) is 2.70. The largest absolute Gasteiger partial charge is 0.390 e. The zero-order chi connectivity index (χ0) is 8.65. The summed E-state index contributed by atoms with van der Waals surface area (Å²) in [5, 5.41) is 27.5. The van der Waals surface area contributed by atoms with E-state index >= 15 is 0 Å². The summed E-state index contributed by atoms with van der Waals surface area (Å²) in [6, 6.07) is 0. The Morgan fingerprint density at radius 3 is 2.45 bits per heavy atom. The lowest BCUT2D eigenvalue weighted by Crippen LogP contribution is -2.49. The normalized spacial score (nSPS) is 39.6. The molecule has 3 N–H and O–H groups in total. The molecule has 0 aromatic heterocycles. The van der Waals surface area contributed by atoms with Crippen molar-refractivity contribution in [2.24, 2.45) is 0 Å². The maximum Gasteiger partial charge on any atom is 0.187 e. The summed E-state index contributed by atoms with van der Waals surface area (Å²) in [5.74, 6) is -0.576. The van der Waals surface area contributed by atoms with Gasteiger partial charge in [0.1, 0.15) is 5.60 Å². The number of carbonyl (C=O) groups is 1. The highest BCUT2D eigenvalue weighted by atomic mass is 16.4. The second-order valence-corrected chi connectivity index (χ2v) is 2.70. The lowest BCUT2D eigenvalue weighted by molar-refractivity contribution is -0.140. The van der Waals surface area contributed by atoms with Crippen molar-refractivity contribution < 1.29 is 20.1 Å². The van der Waals surface area contributed by atoms with E-state index in [1.165, 1.54) is 6.92 Å². The van der Waals surface area contributed by atoms with Crippen molar-refractivity contribution >= 4 is 5.78 Å². The lowest BCUT2D eigenvalue weighted by atomic mass is 9.94. The van der Waals surface area contributed by atoms with Crippen LogP contribution >= 0.6 is 0 Å². The molecule has 0 heterocycles. The van der Waals surface area contributed by atoms with Crippen LogP contribution in [0.2, 0.25) is 0 Å². The highest BCUT2D eigenvalue weighted by Gasteiger charge is 2.45. The first-order chi connectivity index (χ1) is 4.98. The highest BCUT2D eigenvalue weighted by Crippen LogP contribution is 2.24. The standard InChI is InChI=1S/C7H10O4/c1-4(8)7(11)3-2-5(9)6(7)10/h2-4,6,8,10-11H,1H3/t4-,6+,7-/m0/s1. The summed E-state index contributed by atoms with van der Waals surface area (Å²) < 4.78 is 0. The SMILES string of the molecule is C[C@H](O)[C@@]1(O)C=CC(=O)[C@H]1O. The molecule has 0 spiro atoms. The first kappa shape index (κ1) is 8.39. The van der Waals surface area contributed by atoms with Gasteiger partial charge < -0.3 is 15.3 Å². The summed E-state index contributed by atoms with van der Waals surface area (Å²) in [5.41, 5.74) is -1.79. The van der Waals surface area contributed by atoms with E-state index in [0.717, 1.165) is 12.2 Å². The fraction of sp³-hybridized carbons (Fsp3) is 0.571. The molecule has 0 amide bonds. The van der Waals surface area contributed by atoms with Gasteiger partial charge in [0.25, 0.3) is 0 Å². The molecule has 0 fully saturated rings.